The van der Waals surface area contributed by atoms with Gasteiger partial charge in [0.15, 0.2) is 0 Å². The zero-order valence-electron chi connectivity index (χ0n) is 7.54. The molecule has 0 saturated heterocycles. The van der Waals surface area contributed by atoms with E-state index in [1.54, 1.807) is 0 Å². The first-order chi connectivity index (χ1) is 6.73. The van der Waals surface area contributed by atoms with Gasteiger partial charge in [0.25, 0.3) is 6.43 Å². The van der Waals surface area contributed by atoms with Crippen molar-refractivity contribution in [2.24, 2.45) is 5.14 Å². The van der Waals surface area contributed by atoms with Crippen LogP contribution in [0.4, 0.5) is 8.78 Å². The third kappa shape index (κ3) is 2.61. The van der Waals surface area contributed by atoms with Gasteiger partial charge in [0.05, 0.1) is 0 Å². The zero-order chi connectivity index (χ0) is 11.8. The fourth-order valence-electron chi connectivity index (χ4n) is 1.10. The SMILES string of the molecule is Cc1cc(C(F)F)nc(Cl)c1S(N)(=O)=O. The molecule has 1 rings (SSSR count). The highest BCUT2D eigenvalue weighted by atomic mass is 35.5. The third-order valence-corrected chi connectivity index (χ3v) is 3.12. The van der Waals surface area contributed by atoms with Gasteiger partial charge in [-0.3, -0.25) is 0 Å². The molecule has 2 N–H and O–H groups in total. The standard InChI is InChI=1S/C7H7ClF2N2O2S/c1-3-2-4(7(9)10)12-6(8)5(3)15(11,13)14/h2,7H,1H3,(H2,11,13,14). The summed E-state index contributed by atoms with van der Waals surface area (Å²) >= 11 is 5.46. The molecule has 4 nitrogen and oxygen atoms in total. The maximum absolute atomic E-state index is 12.3. The average Bonchev–Trinajstić information content (AvgIpc) is 1.99. The summed E-state index contributed by atoms with van der Waals surface area (Å²) in [7, 11) is -4.05. The van der Waals surface area contributed by atoms with Crippen molar-refractivity contribution in [1.29, 1.82) is 0 Å². The Bertz CT molecular complexity index is 467. The smallest absolute Gasteiger partial charge is 0.234 e. The average molecular weight is 257 g/mol. The predicted molar refractivity (Wildman–Crippen MR) is 50.3 cm³/mol. The molecule has 0 aliphatic heterocycles. The van der Waals surface area contributed by atoms with Crippen LogP contribution in [-0.2, 0) is 10.0 Å². The third-order valence-electron chi connectivity index (χ3n) is 1.65. The van der Waals surface area contributed by atoms with Crippen LogP contribution in [0.5, 0.6) is 0 Å². The van der Waals surface area contributed by atoms with Crippen molar-refractivity contribution in [2.45, 2.75) is 18.2 Å². The van der Waals surface area contributed by atoms with Gasteiger partial charge in [-0.25, -0.2) is 27.3 Å². The topological polar surface area (TPSA) is 73.0 Å². The number of primary sulfonamides is 1. The summed E-state index contributed by atoms with van der Waals surface area (Å²) in [6.07, 6.45) is -2.81. The molecule has 0 saturated carbocycles. The normalized spacial score (nSPS) is 12.1. The van der Waals surface area contributed by atoms with Crippen molar-refractivity contribution in [3.05, 3.63) is 22.5 Å². The van der Waals surface area contributed by atoms with Crippen LogP contribution in [-0.4, -0.2) is 13.4 Å². The van der Waals surface area contributed by atoms with Gasteiger partial charge in [-0.15, -0.1) is 0 Å². The molecule has 0 aliphatic carbocycles. The predicted octanol–water partition coefficient (Wildman–Crippen LogP) is 1.63. The number of hydrogen-bond donors (Lipinski definition) is 1. The first kappa shape index (κ1) is 12.3. The van der Waals surface area contributed by atoms with E-state index in [1.165, 1.54) is 6.92 Å². The van der Waals surface area contributed by atoms with Crippen molar-refractivity contribution in [3.63, 3.8) is 0 Å². The molecule has 0 unspecified atom stereocenters. The second-order valence-electron chi connectivity index (χ2n) is 2.83. The Labute approximate surface area is 90.1 Å². The number of halogens is 3. The van der Waals surface area contributed by atoms with Crippen LogP contribution >= 0.6 is 11.6 Å². The van der Waals surface area contributed by atoms with E-state index < -0.39 is 32.2 Å². The number of nitrogens with two attached hydrogens (primary N) is 1. The minimum Gasteiger partial charge on any atom is -0.234 e. The Morgan fingerprint density at radius 1 is 1.53 bits per heavy atom. The van der Waals surface area contributed by atoms with E-state index in [0.29, 0.717) is 0 Å². The van der Waals surface area contributed by atoms with E-state index in [-0.39, 0.29) is 5.56 Å². The van der Waals surface area contributed by atoms with Crippen LogP contribution in [0.15, 0.2) is 11.0 Å². The van der Waals surface area contributed by atoms with E-state index in [2.05, 4.69) is 4.98 Å². The number of alkyl halides is 2. The summed E-state index contributed by atoms with van der Waals surface area (Å²) in [5.41, 5.74) is -0.530. The summed E-state index contributed by atoms with van der Waals surface area (Å²) < 4.78 is 46.5. The van der Waals surface area contributed by atoms with Gasteiger partial charge in [-0.2, -0.15) is 0 Å². The van der Waals surface area contributed by atoms with Crippen LogP contribution in [0.3, 0.4) is 0 Å². The molecule has 84 valence electrons. The molecule has 0 amide bonds. The van der Waals surface area contributed by atoms with Crippen LogP contribution in [0.2, 0.25) is 5.15 Å². The molecular formula is C7H7ClF2N2O2S. The van der Waals surface area contributed by atoms with Crippen molar-refractivity contribution in [3.8, 4) is 0 Å². The number of sulfonamides is 1. The Kier molecular flexibility index (Phi) is 3.27. The molecule has 0 spiro atoms. The van der Waals surface area contributed by atoms with Gasteiger partial charge in [-0.05, 0) is 18.6 Å². The van der Waals surface area contributed by atoms with E-state index in [9.17, 15) is 17.2 Å². The Morgan fingerprint density at radius 2 is 2.07 bits per heavy atom. The van der Waals surface area contributed by atoms with Crippen molar-refractivity contribution in [2.75, 3.05) is 0 Å². The highest BCUT2D eigenvalue weighted by Gasteiger charge is 2.21. The molecule has 1 heterocycles. The fraction of sp³-hybridized carbons (Fsp3) is 0.286. The first-order valence-corrected chi connectivity index (χ1v) is 5.64. The number of rotatable bonds is 2. The summed E-state index contributed by atoms with van der Waals surface area (Å²) in [6.45, 7) is 1.32. The van der Waals surface area contributed by atoms with Crippen molar-refractivity contribution >= 4 is 21.6 Å². The molecule has 1 aromatic heterocycles. The molecule has 0 fully saturated rings. The minimum atomic E-state index is -4.05. The lowest BCUT2D eigenvalue weighted by atomic mass is 10.2. The molecule has 0 radical (unpaired) electrons. The molecule has 1 aromatic rings. The number of aromatic nitrogens is 1. The lowest BCUT2D eigenvalue weighted by Gasteiger charge is -2.07. The summed E-state index contributed by atoms with van der Waals surface area (Å²) in [5.74, 6) is 0. The second-order valence-corrected chi connectivity index (χ2v) is 4.69. The highest BCUT2D eigenvalue weighted by Crippen LogP contribution is 2.26. The lowest BCUT2D eigenvalue weighted by Crippen LogP contribution is -2.15. The van der Waals surface area contributed by atoms with Crippen molar-refractivity contribution < 1.29 is 17.2 Å². The molecule has 15 heavy (non-hydrogen) atoms. The maximum atomic E-state index is 12.3. The molecular weight excluding hydrogens is 250 g/mol. The van der Waals surface area contributed by atoms with Gasteiger partial charge in [0.2, 0.25) is 10.0 Å². The highest BCUT2D eigenvalue weighted by molar-refractivity contribution is 7.89. The molecule has 0 aliphatic rings. The molecule has 0 aromatic carbocycles. The van der Waals surface area contributed by atoms with E-state index in [4.69, 9.17) is 16.7 Å². The summed E-state index contributed by atoms with van der Waals surface area (Å²) in [4.78, 5) is 2.83. The second kappa shape index (κ2) is 3.99. The zero-order valence-corrected chi connectivity index (χ0v) is 9.11. The van der Waals surface area contributed by atoms with Crippen molar-refractivity contribution in [1.82, 2.24) is 4.98 Å². The first-order valence-electron chi connectivity index (χ1n) is 3.71. The fourth-order valence-corrected chi connectivity index (χ4v) is 2.46. The van der Waals surface area contributed by atoms with Gasteiger partial charge in [0, 0.05) is 0 Å². The Morgan fingerprint density at radius 3 is 2.40 bits per heavy atom. The number of hydrogen-bond acceptors (Lipinski definition) is 3. The summed E-state index contributed by atoms with van der Waals surface area (Å²) in [5, 5.41) is 4.31. The van der Waals surface area contributed by atoms with Gasteiger partial charge >= 0.3 is 0 Å². The van der Waals surface area contributed by atoms with Gasteiger partial charge in [0.1, 0.15) is 15.7 Å². The van der Waals surface area contributed by atoms with Crippen LogP contribution in [0, 0.1) is 6.92 Å². The molecule has 0 atom stereocenters. The lowest BCUT2D eigenvalue weighted by molar-refractivity contribution is 0.146. The van der Waals surface area contributed by atoms with Gasteiger partial charge < -0.3 is 0 Å². The van der Waals surface area contributed by atoms with Crippen LogP contribution in [0.25, 0.3) is 0 Å². The van der Waals surface area contributed by atoms with Crippen LogP contribution < -0.4 is 5.14 Å². The Hall–Kier alpha value is -0.790. The Balaban J connectivity index is 3.48. The van der Waals surface area contributed by atoms with E-state index >= 15 is 0 Å². The van der Waals surface area contributed by atoms with E-state index in [0.717, 1.165) is 6.07 Å². The molecule has 0 bridgehead atoms. The van der Waals surface area contributed by atoms with Gasteiger partial charge in [-0.1, -0.05) is 11.6 Å². The number of aryl methyl sites for hydroxylation is 1. The largest absolute Gasteiger partial charge is 0.280 e. The number of pyridine rings is 1. The minimum absolute atomic E-state index is 0.0489. The van der Waals surface area contributed by atoms with E-state index in [1.807, 2.05) is 0 Å². The molecule has 8 heteroatoms. The quantitative estimate of drug-likeness (QED) is 0.818. The monoisotopic (exact) mass is 256 g/mol. The van der Waals surface area contributed by atoms with Crippen LogP contribution in [0.1, 0.15) is 17.7 Å². The summed E-state index contributed by atoms with van der Waals surface area (Å²) in [6, 6.07) is 0.941. The number of nitrogens with zero attached hydrogens (tertiary/aromatic N) is 1. The maximum Gasteiger partial charge on any atom is 0.280 e.